The van der Waals surface area contributed by atoms with E-state index in [1.54, 1.807) is 36.4 Å². The molecule has 0 aliphatic carbocycles. The van der Waals surface area contributed by atoms with Crippen molar-refractivity contribution in [2.45, 2.75) is 13.0 Å². The first-order valence-electron chi connectivity index (χ1n) is 7.20. The van der Waals surface area contributed by atoms with E-state index in [-0.39, 0.29) is 24.6 Å². The standard InChI is InChI=1S/C16H13ClFN5O/c17-12-7-5-11(6-8-12)16-20-22-23(21-16)10-9-15(24)19-14-4-2-1-3-13(14)18/h1-8H,9-10H2,(H,19,24). The van der Waals surface area contributed by atoms with Crippen LogP contribution in [0.2, 0.25) is 5.02 Å². The molecule has 3 aromatic rings. The second-order valence-corrected chi connectivity index (χ2v) is 5.43. The summed E-state index contributed by atoms with van der Waals surface area (Å²) in [6.45, 7) is 0.237. The lowest BCUT2D eigenvalue weighted by molar-refractivity contribution is -0.116. The van der Waals surface area contributed by atoms with Crippen LogP contribution in [0.4, 0.5) is 10.1 Å². The van der Waals surface area contributed by atoms with E-state index in [2.05, 4.69) is 20.7 Å². The van der Waals surface area contributed by atoms with Crippen molar-refractivity contribution in [3.05, 3.63) is 59.4 Å². The van der Waals surface area contributed by atoms with Crippen LogP contribution < -0.4 is 5.32 Å². The quantitative estimate of drug-likeness (QED) is 0.771. The Hall–Kier alpha value is -2.80. The summed E-state index contributed by atoms with van der Waals surface area (Å²) in [5, 5.41) is 15.2. The molecule has 6 nitrogen and oxygen atoms in total. The number of aromatic nitrogens is 4. The fourth-order valence-corrected chi connectivity index (χ4v) is 2.16. The predicted molar refractivity (Wildman–Crippen MR) is 87.9 cm³/mol. The van der Waals surface area contributed by atoms with Gasteiger partial charge in [-0.2, -0.15) is 4.80 Å². The molecule has 8 heteroatoms. The van der Waals surface area contributed by atoms with Gasteiger partial charge in [-0.25, -0.2) is 4.39 Å². The van der Waals surface area contributed by atoms with E-state index in [0.29, 0.717) is 10.8 Å². The van der Waals surface area contributed by atoms with Crippen molar-refractivity contribution in [1.29, 1.82) is 0 Å². The molecule has 24 heavy (non-hydrogen) atoms. The SMILES string of the molecule is O=C(CCn1nnc(-c2ccc(Cl)cc2)n1)Nc1ccccc1F. The Morgan fingerprint density at radius 2 is 1.92 bits per heavy atom. The number of aryl methyl sites for hydroxylation is 1. The second kappa shape index (κ2) is 7.18. The molecule has 1 amide bonds. The van der Waals surface area contributed by atoms with E-state index in [1.165, 1.54) is 16.9 Å². The number of hydrogen-bond donors (Lipinski definition) is 1. The van der Waals surface area contributed by atoms with Gasteiger partial charge in [-0.15, -0.1) is 10.2 Å². The lowest BCUT2D eigenvalue weighted by Crippen LogP contribution is -2.16. The Labute approximate surface area is 142 Å². The summed E-state index contributed by atoms with van der Waals surface area (Å²) >= 11 is 5.83. The normalized spacial score (nSPS) is 10.6. The molecule has 1 N–H and O–H groups in total. The van der Waals surface area contributed by atoms with E-state index in [9.17, 15) is 9.18 Å². The number of amides is 1. The number of carbonyl (C=O) groups excluding carboxylic acids is 1. The van der Waals surface area contributed by atoms with Crippen LogP contribution in [0, 0.1) is 5.82 Å². The van der Waals surface area contributed by atoms with Crippen molar-refractivity contribution in [3.8, 4) is 11.4 Å². The van der Waals surface area contributed by atoms with Crippen LogP contribution in [0.15, 0.2) is 48.5 Å². The lowest BCUT2D eigenvalue weighted by atomic mass is 10.2. The van der Waals surface area contributed by atoms with E-state index in [4.69, 9.17) is 11.6 Å². The number of para-hydroxylation sites is 1. The molecular weight excluding hydrogens is 333 g/mol. The third-order valence-corrected chi connectivity index (χ3v) is 3.49. The van der Waals surface area contributed by atoms with E-state index in [1.807, 2.05) is 0 Å². The number of anilines is 1. The summed E-state index contributed by atoms with van der Waals surface area (Å²) in [6.07, 6.45) is 0.102. The van der Waals surface area contributed by atoms with Crippen molar-refractivity contribution < 1.29 is 9.18 Å². The van der Waals surface area contributed by atoms with Gasteiger partial charge >= 0.3 is 0 Å². The highest BCUT2D eigenvalue weighted by atomic mass is 35.5. The minimum Gasteiger partial charge on any atom is -0.324 e. The molecule has 0 aliphatic rings. The highest BCUT2D eigenvalue weighted by molar-refractivity contribution is 6.30. The van der Waals surface area contributed by atoms with Crippen LogP contribution in [0.1, 0.15) is 6.42 Å². The number of hydrogen-bond acceptors (Lipinski definition) is 4. The van der Waals surface area contributed by atoms with E-state index in [0.717, 1.165) is 5.56 Å². The fourth-order valence-electron chi connectivity index (χ4n) is 2.03. The zero-order valence-electron chi connectivity index (χ0n) is 12.5. The molecule has 1 heterocycles. The molecule has 0 spiro atoms. The maximum atomic E-state index is 13.5. The number of benzene rings is 2. The Morgan fingerprint density at radius 1 is 1.17 bits per heavy atom. The maximum Gasteiger partial charge on any atom is 0.226 e. The third kappa shape index (κ3) is 3.94. The van der Waals surface area contributed by atoms with Crippen molar-refractivity contribution in [2.24, 2.45) is 0 Å². The Kier molecular flexibility index (Phi) is 4.81. The molecule has 0 fully saturated rings. The minimum absolute atomic E-state index is 0.102. The van der Waals surface area contributed by atoms with Crippen LogP contribution in [0.5, 0.6) is 0 Å². The smallest absolute Gasteiger partial charge is 0.226 e. The van der Waals surface area contributed by atoms with Crippen LogP contribution in [0.3, 0.4) is 0 Å². The Balaban J connectivity index is 1.58. The van der Waals surface area contributed by atoms with E-state index < -0.39 is 5.82 Å². The fraction of sp³-hybridized carbons (Fsp3) is 0.125. The van der Waals surface area contributed by atoms with Gasteiger partial charge in [0.15, 0.2) is 0 Å². The molecule has 0 saturated carbocycles. The summed E-state index contributed by atoms with van der Waals surface area (Å²) in [5.74, 6) is -0.360. The molecule has 122 valence electrons. The number of nitrogens with zero attached hydrogens (tertiary/aromatic N) is 4. The predicted octanol–water partition coefficient (Wildman–Crippen LogP) is 3.16. The van der Waals surface area contributed by atoms with Gasteiger partial charge < -0.3 is 5.32 Å². The summed E-state index contributed by atoms with van der Waals surface area (Å²) in [6, 6.07) is 13.0. The first-order chi connectivity index (χ1) is 11.6. The average Bonchev–Trinajstić information content (AvgIpc) is 3.05. The van der Waals surface area contributed by atoms with E-state index >= 15 is 0 Å². The zero-order chi connectivity index (χ0) is 16.9. The van der Waals surface area contributed by atoms with Gasteiger partial charge in [0.1, 0.15) is 5.82 Å². The molecule has 0 radical (unpaired) electrons. The van der Waals surface area contributed by atoms with Crippen molar-refractivity contribution in [1.82, 2.24) is 20.2 Å². The maximum absolute atomic E-state index is 13.5. The monoisotopic (exact) mass is 345 g/mol. The molecule has 3 rings (SSSR count). The minimum atomic E-state index is -0.477. The first kappa shape index (κ1) is 16.1. The topological polar surface area (TPSA) is 72.7 Å². The van der Waals surface area contributed by atoms with Gasteiger partial charge in [-0.3, -0.25) is 4.79 Å². The van der Waals surface area contributed by atoms with Crippen LogP contribution in [-0.4, -0.2) is 26.1 Å². The van der Waals surface area contributed by atoms with Crippen molar-refractivity contribution in [2.75, 3.05) is 5.32 Å². The third-order valence-electron chi connectivity index (χ3n) is 3.24. The summed E-state index contributed by atoms with van der Waals surface area (Å²) in [5.41, 5.74) is 0.928. The highest BCUT2D eigenvalue weighted by Crippen LogP contribution is 2.17. The second-order valence-electron chi connectivity index (χ2n) is 4.99. The van der Waals surface area contributed by atoms with Crippen LogP contribution >= 0.6 is 11.6 Å². The molecular formula is C16H13ClFN5O. The van der Waals surface area contributed by atoms with Gasteiger partial charge in [0.05, 0.1) is 12.2 Å². The molecule has 2 aromatic carbocycles. The number of carbonyl (C=O) groups is 1. The van der Waals surface area contributed by atoms with Crippen molar-refractivity contribution in [3.63, 3.8) is 0 Å². The van der Waals surface area contributed by atoms with Crippen LogP contribution in [0.25, 0.3) is 11.4 Å². The number of rotatable bonds is 5. The van der Waals surface area contributed by atoms with Gasteiger partial charge in [0.25, 0.3) is 0 Å². The Morgan fingerprint density at radius 3 is 2.67 bits per heavy atom. The first-order valence-corrected chi connectivity index (χ1v) is 7.58. The molecule has 0 unspecified atom stereocenters. The number of halogens is 2. The molecule has 0 aliphatic heterocycles. The molecule has 0 saturated heterocycles. The van der Waals surface area contributed by atoms with Crippen molar-refractivity contribution >= 4 is 23.2 Å². The number of nitrogens with one attached hydrogen (secondary N) is 1. The lowest BCUT2D eigenvalue weighted by Gasteiger charge is -2.05. The molecule has 0 bridgehead atoms. The zero-order valence-corrected chi connectivity index (χ0v) is 13.2. The number of tetrazole rings is 1. The average molecular weight is 346 g/mol. The van der Waals surface area contributed by atoms with Gasteiger partial charge in [0, 0.05) is 17.0 Å². The largest absolute Gasteiger partial charge is 0.324 e. The van der Waals surface area contributed by atoms with Gasteiger partial charge in [-0.05, 0) is 41.6 Å². The summed E-state index contributed by atoms with van der Waals surface area (Å²) in [4.78, 5) is 13.2. The highest BCUT2D eigenvalue weighted by Gasteiger charge is 2.09. The Bertz CT molecular complexity index is 850. The molecule has 1 aromatic heterocycles. The van der Waals surface area contributed by atoms with Gasteiger partial charge in [0.2, 0.25) is 11.7 Å². The molecule has 0 atom stereocenters. The summed E-state index contributed by atoms with van der Waals surface area (Å²) in [7, 11) is 0. The van der Waals surface area contributed by atoms with Gasteiger partial charge in [-0.1, -0.05) is 23.7 Å². The summed E-state index contributed by atoms with van der Waals surface area (Å²) < 4.78 is 13.5. The van der Waals surface area contributed by atoms with Crippen LogP contribution in [-0.2, 0) is 11.3 Å².